The molecule has 0 radical (unpaired) electrons. The molecule has 1 aliphatic carbocycles. The first-order valence-corrected chi connectivity index (χ1v) is 12.2. The topological polar surface area (TPSA) is 0 Å². The molecular formula is C31H31F3. The van der Waals surface area contributed by atoms with Crippen molar-refractivity contribution < 1.29 is 13.2 Å². The Bertz CT molecular complexity index is 1200. The molecule has 1 unspecified atom stereocenters. The third-order valence-electron chi connectivity index (χ3n) is 6.89. The number of rotatable bonds is 7. The molecule has 0 N–H and O–H groups in total. The van der Waals surface area contributed by atoms with Gasteiger partial charge in [-0.2, -0.15) is 0 Å². The van der Waals surface area contributed by atoms with Crippen LogP contribution in [0.2, 0.25) is 0 Å². The largest absolute Gasteiger partial charge is 0.206 e. The normalized spacial score (nSPS) is 16.1. The van der Waals surface area contributed by atoms with Crippen molar-refractivity contribution in [1.82, 2.24) is 0 Å². The summed E-state index contributed by atoms with van der Waals surface area (Å²) in [7, 11) is 0. The summed E-state index contributed by atoms with van der Waals surface area (Å²) in [6, 6.07) is 15.6. The van der Waals surface area contributed by atoms with Crippen LogP contribution in [-0.2, 0) is 6.42 Å². The number of hydrogen-bond acceptors (Lipinski definition) is 0. The molecule has 4 rings (SSSR count). The summed E-state index contributed by atoms with van der Waals surface area (Å²) >= 11 is 0. The van der Waals surface area contributed by atoms with Gasteiger partial charge in [0.15, 0.2) is 11.6 Å². The smallest absolute Gasteiger partial charge is 0.166 e. The molecule has 1 atom stereocenters. The molecule has 0 saturated carbocycles. The van der Waals surface area contributed by atoms with E-state index in [-0.39, 0.29) is 11.4 Å². The quantitative estimate of drug-likeness (QED) is 0.308. The highest BCUT2D eigenvalue weighted by atomic mass is 19.2. The van der Waals surface area contributed by atoms with E-state index in [9.17, 15) is 8.78 Å². The molecule has 3 aromatic carbocycles. The molecule has 3 heteroatoms. The second kappa shape index (κ2) is 10.9. The molecule has 0 bridgehead atoms. The minimum Gasteiger partial charge on any atom is -0.206 e. The van der Waals surface area contributed by atoms with Crippen molar-refractivity contribution in [2.45, 2.75) is 52.4 Å². The maximum atomic E-state index is 15.1. The SMILES string of the molecule is C/C=C/CCC1CC=C(c2ccc(-c3ccc(-c4ccc(CC)c(F)c4F)cc3)c(F)c2)CC1. The predicted molar refractivity (Wildman–Crippen MR) is 136 cm³/mol. The van der Waals surface area contributed by atoms with Gasteiger partial charge in [0.25, 0.3) is 0 Å². The highest BCUT2D eigenvalue weighted by Gasteiger charge is 2.17. The Morgan fingerprint density at radius 1 is 0.853 bits per heavy atom. The van der Waals surface area contributed by atoms with Crippen molar-refractivity contribution in [3.8, 4) is 22.3 Å². The molecule has 176 valence electrons. The zero-order valence-corrected chi connectivity index (χ0v) is 19.9. The van der Waals surface area contributed by atoms with Crippen molar-refractivity contribution in [3.05, 3.63) is 101 Å². The fraction of sp³-hybridized carbons (Fsp3) is 0.290. The molecule has 34 heavy (non-hydrogen) atoms. The van der Waals surface area contributed by atoms with E-state index in [4.69, 9.17) is 0 Å². The third-order valence-corrected chi connectivity index (χ3v) is 6.89. The molecule has 0 heterocycles. The molecule has 3 aromatic rings. The average molecular weight is 461 g/mol. The Balaban J connectivity index is 1.50. The maximum absolute atomic E-state index is 15.1. The number of benzene rings is 3. The minimum absolute atomic E-state index is 0.213. The van der Waals surface area contributed by atoms with Gasteiger partial charge in [-0.3, -0.25) is 0 Å². The second-order valence-corrected chi connectivity index (χ2v) is 9.04. The van der Waals surface area contributed by atoms with Gasteiger partial charge in [-0.1, -0.05) is 73.7 Å². The zero-order valence-electron chi connectivity index (χ0n) is 19.9. The van der Waals surface area contributed by atoms with Crippen molar-refractivity contribution in [2.24, 2.45) is 5.92 Å². The van der Waals surface area contributed by atoms with E-state index in [1.807, 2.05) is 12.1 Å². The van der Waals surface area contributed by atoms with Crippen LogP contribution >= 0.6 is 0 Å². The third kappa shape index (κ3) is 5.19. The van der Waals surface area contributed by atoms with Gasteiger partial charge in [0.2, 0.25) is 0 Å². The Morgan fingerprint density at radius 2 is 1.53 bits per heavy atom. The molecule has 0 amide bonds. The van der Waals surface area contributed by atoms with Crippen molar-refractivity contribution in [3.63, 3.8) is 0 Å². The molecular weight excluding hydrogens is 429 g/mol. The first kappa shape index (κ1) is 24.1. The molecule has 0 aliphatic heterocycles. The van der Waals surface area contributed by atoms with Crippen molar-refractivity contribution >= 4 is 5.57 Å². The van der Waals surface area contributed by atoms with Crippen LogP contribution in [0, 0.1) is 23.4 Å². The summed E-state index contributed by atoms with van der Waals surface area (Å²) in [6.45, 7) is 3.84. The minimum atomic E-state index is -0.840. The number of hydrogen-bond donors (Lipinski definition) is 0. The summed E-state index contributed by atoms with van der Waals surface area (Å²) in [6.07, 6.45) is 12.5. The molecule has 1 aliphatic rings. The van der Waals surface area contributed by atoms with E-state index in [0.29, 0.717) is 34.6 Å². The molecule has 0 saturated heterocycles. The van der Waals surface area contributed by atoms with Crippen LogP contribution in [0.3, 0.4) is 0 Å². The summed E-state index contributed by atoms with van der Waals surface area (Å²) in [5.41, 5.74) is 4.51. The fourth-order valence-corrected chi connectivity index (χ4v) is 4.78. The lowest BCUT2D eigenvalue weighted by Crippen LogP contribution is -2.05. The fourth-order valence-electron chi connectivity index (χ4n) is 4.78. The van der Waals surface area contributed by atoms with Gasteiger partial charge in [0, 0.05) is 11.1 Å². The van der Waals surface area contributed by atoms with E-state index < -0.39 is 11.6 Å². The van der Waals surface area contributed by atoms with Crippen LogP contribution in [0.1, 0.15) is 57.1 Å². The van der Waals surface area contributed by atoms with Crippen LogP contribution in [0.15, 0.2) is 72.8 Å². The maximum Gasteiger partial charge on any atom is 0.166 e. The summed E-state index contributed by atoms with van der Waals surface area (Å²) in [5.74, 6) is -1.20. The summed E-state index contributed by atoms with van der Waals surface area (Å²) in [5, 5.41) is 0. The molecule has 0 aromatic heterocycles. The van der Waals surface area contributed by atoms with Crippen molar-refractivity contribution in [2.75, 3.05) is 0 Å². The predicted octanol–water partition coefficient (Wildman–Crippen LogP) is 9.54. The number of halogens is 3. The lowest BCUT2D eigenvalue weighted by molar-refractivity contribution is 0.454. The Labute approximate surface area is 200 Å². The van der Waals surface area contributed by atoms with E-state index in [2.05, 4.69) is 25.2 Å². The van der Waals surface area contributed by atoms with E-state index in [0.717, 1.165) is 31.2 Å². The first-order chi connectivity index (χ1) is 16.5. The van der Waals surface area contributed by atoms with Crippen molar-refractivity contribution in [1.29, 1.82) is 0 Å². The van der Waals surface area contributed by atoms with Gasteiger partial charge < -0.3 is 0 Å². The zero-order chi connectivity index (χ0) is 24.1. The van der Waals surface area contributed by atoms with Crippen LogP contribution in [0.5, 0.6) is 0 Å². The van der Waals surface area contributed by atoms with Gasteiger partial charge in [0.1, 0.15) is 5.82 Å². The van der Waals surface area contributed by atoms with Gasteiger partial charge in [-0.25, -0.2) is 13.2 Å². The first-order valence-electron chi connectivity index (χ1n) is 12.2. The van der Waals surface area contributed by atoms with E-state index >= 15 is 4.39 Å². The van der Waals surface area contributed by atoms with Crippen LogP contribution in [0.25, 0.3) is 27.8 Å². The molecule has 0 spiro atoms. The Kier molecular flexibility index (Phi) is 7.72. The lowest BCUT2D eigenvalue weighted by Gasteiger charge is -2.22. The second-order valence-electron chi connectivity index (χ2n) is 9.04. The summed E-state index contributed by atoms with van der Waals surface area (Å²) in [4.78, 5) is 0. The average Bonchev–Trinajstić information content (AvgIpc) is 2.86. The van der Waals surface area contributed by atoms with Gasteiger partial charge in [0.05, 0.1) is 0 Å². The monoisotopic (exact) mass is 460 g/mol. The highest BCUT2D eigenvalue weighted by molar-refractivity contribution is 5.74. The standard InChI is InChI=1S/C31H31F3/c1-3-5-6-7-21-8-10-23(11-9-21)26-17-18-27(29(32)20-26)24-12-14-25(15-13-24)28-19-16-22(4-2)30(33)31(28)34/h3,5,10,12-21H,4,6-9,11H2,1-2H3/b5-3+. The molecule has 0 fully saturated rings. The van der Waals surface area contributed by atoms with Crippen LogP contribution in [0.4, 0.5) is 13.2 Å². The molecule has 0 nitrogen and oxygen atoms in total. The number of aryl methyl sites for hydroxylation is 1. The van der Waals surface area contributed by atoms with E-state index in [1.54, 1.807) is 49.4 Å². The lowest BCUT2D eigenvalue weighted by atomic mass is 9.84. The Hall–Kier alpha value is -3.07. The summed E-state index contributed by atoms with van der Waals surface area (Å²) < 4.78 is 43.8. The number of allylic oxidation sites excluding steroid dienone is 4. The van der Waals surface area contributed by atoms with Crippen LogP contribution < -0.4 is 0 Å². The van der Waals surface area contributed by atoms with Gasteiger partial charge in [-0.05, 0) is 85.3 Å². The van der Waals surface area contributed by atoms with E-state index in [1.165, 1.54) is 12.0 Å². The van der Waals surface area contributed by atoms with Gasteiger partial charge >= 0.3 is 0 Å². The van der Waals surface area contributed by atoms with Gasteiger partial charge in [-0.15, -0.1) is 0 Å². The van der Waals surface area contributed by atoms with Crippen LogP contribution in [-0.4, -0.2) is 0 Å². The highest BCUT2D eigenvalue weighted by Crippen LogP contribution is 2.35. The Morgan fingerprint density at radius 3 is 2.15 bits per heavy atom.